The molecule has 5 heteroatoms. The maximum absolute atomic E-state index is 12.7. The van der Waals surface area contributed by atoms with Crippen LogP contribution in [0.5, 0.6) is 11.5 Å². The minimum atomic E-state index is -0.153. The summed E-state index contributed by atoms with van der Waals surface area (Å²) in [5.41, 5.74) is 1.78. The molecule has 0 aliphatic carbocycles. The number of aryl methyl sites for hydroxylation is 1. The lowest BCUT2D eigenvalue weighted by molar-refractivity contribution is 0.103. The Bertz CT molecular complexity index is 698. The number of ketones is 1. The summed E-state index contributed by atoms with van der Waals surface area (Å²) >= 11 is 9.48. The second-order valence-corrected chi connectivity index (χ2v) is 5.80. The highest BCUT2D eigenvalue weighted by molar-refractivity contribution is 9.10. The van der Waals surface area contributed by atoms with Crippen LogP contribution in [0, 0.1) is 6.92 Å². The van der Waals surface area contributed by atoms with Crippen molar-refractivity contribution in [2.75, 3.05) is 14.2 Å². The molecule has 0 aliphatic heterocycles. The van der Waals surface area contributed by atoms with E-state index in [1.807, 2.05) is 6.92 Å². The van der Waals surface area contributed by atoms with Crippen molar-refractivity contribution < 1.29 is 14.3 Å². The molecule has 0 N–H and O–H groups in total. The maximum atomic E-state index is 12.7. The van der Waals surface area contributed by atoms with E-state index in [4.69, 9.17) is 21.1 Å². The smallest absolute Gasteiger partial charge is 0.194 e. The lowest BCUT2D eigenvalue weighted by atomic mass is 9.98. The highest BCUT2D eigenvalue weighted by Gasteiger charge is 2.18. The first-order valence-corrected chi connectivity index (χ1v) is 7.37. The predicted octanol–water partition coefficient (Wildman–Crippen LogP) is 4.66. The van der Waals surface area contributed by atoms with Gasteiger partial charge in [-0.3, -0.25) is 4.79 Å². The average molecular weight is 370 g/mol. The van der Waals surface area contributed by atoms with Crippen molar-refractivity contribution in [2.45, 2.75) is 6.92 Å². The van der Waals surface area contributed by atoms with E-state index < -0.39 is 0 Å². The summed E-state index contributed by atoms with van der Waals surface area (Å²) < 4.78 is 11.3. The number of ether oxygens (including phenoxy) is 2. The molecule has 0 spiro atoms. The van der Waals surface area contributed by atoms with E-state index in [1.54, 1.807) is 37.4 Å². The third kappa shape index (κ3) is 3.22. The van der Waals surface area contributed by atoms with Crippen LogP contribution in [0.25, 0.3) is 0 Å². The van der Waals surface area contributed by atoms with E-state index >= 15 is 0 Å². The van der Waals surface area contributed by atoms with Crippen molar-refractivity contribution in [1.82, 2.24) is 0 Å². The van der Waals surface area contributed by atoms with Gasteiger partial charge in [-0.2, -0.15) is 0 Å². The van der Waals surface area contributed by atoms with Crippen LogP contribution in [-0.2, 0) is 0 Å². The molecule has 0 fully saturated rings. The Morgan fingerprint density at radius 3 is 2.29 bits per heavy atom. The summed E-state index contributed by atoms with van der Waals surface area (Å²) in [7, 11) is 3.09. The van der Waals surface area contributed by atoms with Crippen LogP contribution in [0.2, 0.25) is 5.02 Å². The highest BCUT2D eigenvalue weighted by Crippen LogP contribution is 2.32. The normalized spacial score (nSPS) is 10.3. The Kier molecular flexibility index (Phi) is 4.91. The highest BCUT2D eigenvalue weighted by atomic mass is 79.9. The Hall–Kier alpha value is -1.52. The van der Waals surface area contributed by atoms with Crippen LogP contribution in [0.1, 0.15) is 21.5 Å². The molecule has 0 aliphatic rings. The molecule has 0 amide bonds. The molecule has 3 nitrogen and oxygen atoms in total. The molecule has 0 saturated carbocycles. The van der Waals surface area contributed by atoms with Gasteiger partial charge in [0.15, 0.2) is 17.3 Å². The van der Waals surface area contributed by atoms with Gasteiger partial charge in [0.1, 0.15) is 0 Å². The van der Waals surface area contributed by atoms with Crippen molar-refractivity contribution in [3.8, 4) is 11.5 Å². The summed E-state index contributed by atoms with van der Waals surface area (Å²) in [6.07, 6.45) is 0. The van der Waals surface area contributed by atoms with E-state index in [9.17, 15) is 4.79 Å². The van der Waals surface area contributed by atoms with Crippen molar-refractivity contribution in [2.24, 2.45) is 0 Å². The number of hydrogen-bond donors (Lipinski definition) is 0. The molecule has 0 aromatic heterocycles. The van der Waals surface area contributed by atoms with Gasteiger partial charge in [0.05, 0.1) is 19.2 Å². The van der Waals surface area contributed by atoms with E-state index in [0.29, 0.717) is 27.6 Å². The van der Waals surface area contributed by atoms with Crippen LogP contribution in [0.15, 0.2) is 34.8 Å². The standard InChI is InChI=1S/C16H14BrClO3/c1-9-6-14(20-2)15(21-3)8-11(9)16(19)12-7-10(17)4-5-13(12)18/h4-8H,1-3H3. The number of rotatable bonds is 4. The van der Waals surface area contributed by atoms with Crippen molar-refractivity contribution >= 4 is 33.3 Å². The van der Waals surface area contributed by atoms with Gasteiger partial charge in [-0.05, 0) is 42.8 Å². The maximum Gasteiger partial charge on any atom is 0.194 e. The fraction of sp³-hybridized carbons (Fsp3) is 0.188. The molecular formula is C16H14BrClO3. The van der Waals surface area contributed by atoms with Crippen LogP contribution < -0.4 is 9.47 Å². The first-order chi connectivity index (χ1) is 9.97. The van der Waals surface area contributed by atoms with Crippen LogP contribution in [0.3, 0.4) is 0 Å². The number of hydrogen-bond acceptors (Lipinski definition) is 3. The summed E-state index contributed by atoms with van der Waals surface area (Å²) in [6.45, 7) is 1.85. The number of carbonyl (C=O) groups excluding carboxylic acids is 1. The lowest BCUT2D eigenvalue weighted by Gasteiger charge is -2.13. The monoisotopic (exact) mass is 368 g/mol. The quantitative estimate of drug-likeness (QED) is 0.735. The topological polar surface area (TPSA) is 35.5 Å². The van der Waals surface area contributed by atoms with Crippen molar-refractivity contribution in [3.05, 3.63) is 56.5 Å². The first-order valence-electron chi connectivity index (χ1n) is 6.20. The van der Waals surface area contributed by atoms with Gasteiger partial charge in [-0.1, -0.05) is 27.5 Å². The van der Waals surface area contributed by atoms with Gasteiger partial charge >= 0.3 is 0 Å². The second-order valence-electron chi connectivity index (χ2n) is 4.48. The number of methoxy groups -OCH3 is 2. The van der Waals surface area contributed by atoms with E-state index in [0.717, 1.165) is 10.0 Å². The van der Waals surface area contributed by atoms with Crippen LogP contribution in [0.4, 0.5) is 0 Å². The summed E-state index contributed by atoms with van der Waals surface area (Å²) in [5.74, 6) is 0.948. The van der Waals surface area contributed by atoms with Gasteiger partial charge in [0, 0.05) is 15.6 Å². The summed E-state index contributed by atoms with van der Waals surface area (Å²) in [4.78, 5) is 12.7. The molecule has 0 heterocycles. The average Bonchev–Trinajstić information content (AvgIpc) is 2.48. The van der Waals surface area contributed by atoms with Gasteiger partial charge in [0.25, 0.3) is 0 Å². The van der Waals surface area contributed by atoms with E-state index in [-0.39, 0.29) is 5.78 Å². The SMILES string of the molecule is COc1cc(C)c(C(=O)c2cc(Br)ccc2Cl)cc1OC. The van der Waals surface area contributed by atoms with E-state index in [2.05, 4.69) is 15.9 Å². The Morgan fingerprint density at radius 1 is 1.05 bits per heavy atom. The Morgan fingerprint density at radius 2 is 1.67 bits per heavy atom. The van der Waals surface area contributed by atoms with Crippen molar-refractivity contribution in [3.63, 3.8) is 0 Å². The third-order valence-corrected chi connectivity index (χ3v) is 3.97. The Balaban J connectivity index is 2.55. The molecule has 2 aromatic rings. The second kappa shape index (κ2) is 6.50. The number of benzene rings is 2. The Labute approximate surface area is 137 Å². The predicted molar refractivity (Wildman–Crippen MR) is 86.9 cm³/mol. The molecule has 2 rings (SSSR count). The zero-order chi connectivity index (χ0) is 15.6. The molecule has 0 saturated heterocycles. The lowest BCUT2D eigenvalue weighted by Crippen LogP contribution is -2.06. The molecule has 21 heavy (non-hydrogen) atoms. The first kappa shape index (κ1) is 15.9. The number of halogens is 2. The third-order valence-electron chi connectivity index (χ3n) is 3.15. The summed E-state index contributed by atoms with van der Waals surface area (Å²) in [6, 6.07) is 8.64. The molecule has 0 radical (unpaired) electrons. The van der Waals surface area contributed by atoms with Crippen LogP contribution >= 0.6 is 27.5 Å². The van der Waals surface area contributed by atoms with Crippen molar-refractivity contribution in [1.29, 1.82) is 0 Å². The van der Waals surface area contributed by atoms with Gasteiger partial charge in [0.2, 0.25) is 0 Å². The van der Waals surface area contributed by atoms with Crippen LogP contribution in [-0.4, -0.2) is 20.0 Å². The fourth-order valence-electron chi connectivity index (χ4n) is 2.04. The fourth-order valence-corrected chi connectivity index (χ4v) is 2.61. The molecular weight excluding hydrogens is 356 g/mol. The largest absolute Gasteiger partial charge is 0.493 e. The minimum absolute atomic E-state index is 0.153. The van der Waals surface area contributed by atoms with Gasteiger partial charge in [-0.25, -0.2) is 0 Å². The molecule has 0 unspecified atom stereocenters. The molecule has 0 atom stereocenters. The zero-order valence-corrected chi connectivity index (χ0v) is 14.2. The molecule has 2 aromatic carbocycles. The molecule has 0 bridgehead atoms. The minimum Gasteiger partial charge on any atom is -0.493 e. The summed E-state index contributed by atoms with van der Waals surface area (Å²) in [5, 5.41) is 0.414. The zero-order valence-electron chi connectivity index (χ0n) is 11.9. The van der Waals surface area contributed by atoms with Gasteiger partial charge < -0.3 is 9.47 Å². The molecule has 110 valence electrons. The van der Waals surface area contributed by atoms with Gasteiger partial charge in [-0.15, -0.1) is 0 Å². The number of carbonyl (C=O) groups is 1. The van der Waals surface area contributed by atoms with E-state index in [1.165, 1.54) is 7.11 Å².